The summed E-state index contributed by atoms with van der Waals surface area (Å²) >= 11 is 0. The van der Waals surface area contributed by atoms with E-state index in [0.717, 1.165) is 24.8 Å². The van der Waals surface area contributed by atoms with Gasteiger partial charge in [-0.3, -0.25) is 0 Å². The molecule has 0 spiro atoms. The van der Waals surface area contributed by atoms with Crippen molar-refractivity contribution in [1.82, 2.24) is 19.3 Å². The average Bonchev–Trinajstić information content (AvgIpc) is 3.03. The quantitative estimate of drug-likeness (QED) is 0.888. The first-order chi connectivity index (χ1) is 11.6. The summed E-state index contributed by atoms with van der Waals surface area (Å²) in [6, 6.07) is 5.51. The third-order valence-electron chi connectivity index (χ3n) is 4.91. The zero-order valence-electron chi connectivity index (χ0n) is 13.3. The number of aromatic nitrogens is 3. The SMILES string of the molecule is O=S(=O)(c1ccc2c(c1)CCCC2)N1CCn2nnc(CO)c2C1. The van der Waals surface area contributed by atoms with Crippen molar-refractivity contribution < 1.29 is 13.5 Å². The molecule has 4 rings (SSSR count). The van der Waals surface area contributed by atoms with Crippen LogP contribution in [0.2, 0.25) is 0 Å². The standard InChI is InChI=1S/C16H20N4O3S/c21-11-15-16-10-19(7-8-20(16)18-17-15)24(22,23)14-6-5-12-3-1-2-4-13(12)9-14/h5-6,9,21H,1-4,7-8,10-11H2. The van der Waals surface area contributed by atoms with Gasteiger partial charge in [0, 0.05) is 6.54 Å². The predicted octanol–water partition coefficient (Wildman–Crippen LogP) is 0.854. The molecule has 0 radical (unpaired) electrons. The van der Waals surface area contributed by atoms with Crippen LogP contribution in [0.3, 0.4) is 0 Å². The summed E-state index contributed by atoms with van der Waals surface area (Å²) in [6.07, 6.45) is 4.27. The van der Waals surface area contributed by atoms with Gasteiger partial charge in [0.1, 0.15) is 5.69 Å². The third-order valence-corrected chi connectivity index (χ3v) is 6.75. The third kappa shape index (κ3) is 2.54. The fourth-order valence-electron chi connectivity index (χ4n) is 3.52. The van der Waals surface area contributed by atoms with E-state index >= 15 is 0 Å². The van der Waals surface area contributed by atoms with Gasteiger partial charge in [0.2, 0.25) is 10.0 Å². The van der Waals surface area contributed by atoms with Gasteiger partial charge < -0.3 is 5.11 Å². The van der Waals surface area contributed by atoms with E-state index in [1.165, 1.54) is 16.3 Å². The monoisotopic (exact) mass is 348 g/mol. The molecule has 0 unspecified atom stereocenters. The van der Waals surface area contributed by atoms with Gasteiger partial charge in [-0.15, -0.1) is 5.10 Å². The van der Waals surface area contributed by atoms with Crippen LogP contribution in [0.25, 0.3) is 0 Å². The molecule has 8 heteroatoms. The van der Waals surface area contributed by atoms with Crippen molar-refractivity contribution in [2.24, 2.45) is 0 Å². The van der Waals surface area contributed by atoms with E-state index in [1.807, 2.05) is 12.1 Å². The molecule has 7 nitrogen and oxygen atoms in total. The van der Waals surface area contributed by atoms with Crippen molar-refractivity contribution in [2.45, 2.75) is 50.3 Å². The molecule has 128 valence electrons. The van der Waals surface area contributed by atoms with E-state index < -0.39 is 10.0 Å². The van der Waals surface area contributed by atoms with Gasteiger partial charge in [-0.25, -0.2) is 13.1 Å². The molecule has 1 aromatic carbocycles. The van der Waals surface area contributed by atoms with E-state index in [9.17, 15) is 13.5 Å². The number of aliphatic hydroxyl groups is 1. The lowest BCUT2D eigenvalue weighted by atomic mass is 9.92. The predicted molar refractivity (Wildman–Crippen MR) is 86.6 cm³/mol. The van der Waals surface area contributed by atoms with Crippen molar-refractivity contribution >= 4 is 10.0 Å². The summed E-state index contributed by atoms with van der Waals surface area (Å²) in [7, 11) is -3.56. The van der Waals surface area contributed by atoms with Crippen molar-refractivity contribution in [1.29, 1.82) is 0 Å². The second-order valence-electron chi connectivity index (χ2n) is 6.34. The van der Waals surface area contributed by atoms with Crippen LogP contribution in [0.5, 0.6) is 0 Å². The molecule has 0 atom stereocenters. The second-order valence-corrected chi connectivity index (χ2v) is 8.28. The van der Waals surface area contributed by atoms with E-state index in [2.05, 4.69) is 10.3 Å². The lowest BCUT2D eigenvalue weighted by Crippen LogP contribution is -2.38. The number of hydrogen-bond donors (Lipinski definition) is 1. The number of hydrogen-bond acceptors (Lipinski definition) is 5. The first-order valence-electron chi connectivity index (χ1n) is 8.23. The Morgan fingerprint density at radius 3 is 2.71 bits per heavy atom. The molecule has 0 saturated carbocycles. The zero-order valence-corrected chi connectivity index (χ0v) is 14.2. The Labute approximate surface area is 141 Å². The summed E-state index contributed by atoms with van der Waals surface area (Å²) in [5.41, 5.74) is 3.54. The van der Waals surface area contributed by atoms with E-state index in [-0.39, 0.29) is 13.2 Å². The summed E-state index contributed by atoms with van der Waals surface area (Å²) in [4.78, 5) is 0.356. The van der Waals surface area contributed by atoms with E-state index in [1.54, 1.807) is 10.7 Å². The second kappa shape index (κ2) is 5.94. The maximum atomic E-state index is 13.0. The Morgan fingerprint density at radius 1 is 1.12 bits per heavy atom. The number of aryl methyl sites for hydroxylation is 2. The molecule has 2 aromatic rings. The molecule has 2 aliphatic rings. The fraction of sp³-hybridized carbons (Fsp3) is 0.500. The molecular formula is C16H20N4O3S. The van der Waals surface area contributed by atoms with Crippen LogP contribution in [0.1, 0.15) is 35.4 Å². The van der Waals surface area contributed by atoms with Crippen molar-refractivity contribution in [3.05, 3.63) is 40.7 Å². The number of sulfonamides is 1. The van der Waals surface area contributed by atoms with Gasteiger partial charge in [0.25, 0.3) is 0 Å². The van der Waals surface area contributed by atoms with Gasteiger partial charge in [0.05, 0.1) is 30.3 Å². The average molecular weight is 348 g/mol. The molecule has 0 fully saturated rings. The topological polar surface area (TPSA) is 88.3 Å². The molecule has 2 heterocycles. The lowest BCUT2D eigenvalue weighted by Gasteiger charge is -2.27. The zero-order chi connectivity index (χ0) is 16.7. The molecule has 1 aliphatic heterocycles. The normalized spacial score (nSPS) is 18.2. The highest BCUT2D eigenvalue weighted by Gasteiger charge is 2.31. The highest BCUT2D eigenvalue weighted by Crippen LogP contribution is 2.27. The number of rotatable bonds is 3. The largest absolute Gasteiger partial charge is 0.390 e. The maximum absolute atomic E-state index is 13.0. The summed E-state index contributed by atoms with van der Waals surface area (Å²) in [5.74, 6) is 0. The lowest BCUT2D eigenvalue weighted by molar-refractivity contribution is 0.270. The van der Waals surface area contributed by atoms with Crippen LogP contribution in [-0.4, -0.2) is 39.4 Å². The molecule has 0 bridgehead atoms. The van der Waals surface area contributed by atoms with E-state index in [0.29, 0.717) is 29.4 Å². The Hall–Kier alpha value is -1.77. The van der Waals surface area contributed by atoms with Crippen molar-refractivity contribution in [3.8, 4) is 0 Å². The summed E-state index contributed by atoms with van der Waals surface area (Å²) < 4.78 is 29.2. The maximum Gasteiger partial charge on any atom is 0.243 e. The Bertz CT molecular complexity index is 862. The fourth-order valence-corrected chi connectivity index (χ4v) is 4.96. The highest BCUT2D eigenvalue weighted by atomic mass is 32.2. The molecule has 1 aromatic heterocycles. The number of nitrogens with zero attached hydrogens (tertiary/aromatic N) is 4. The molecule has 1 N–H and O–H groups in total. The van der Waals surface area contributed by atoms with Crippen LogP contribution in [0, 0.1) is 0 Å². The van der Waals surface area contributed by atoms with Gasteiger partial charge in [-0.2, -0.15) is 4.31 Å². The number of fused-ring (bicyclic) bond motifs is 2. The molecule has 1 aliphatic carbocycles. The van der Waals surface area contributed by atoms with Gasteiger partial charge in [0.15, 0.2) is 0 Å². The van der Waals surface area contributed by atoms with Crippen LogP contribution in [-0.2, 0) is 42.6 Å². The molecule has 0 amide bonds. The number of benzene rings is 1. The van der Waals surface area contributed by atoms with Crippen LogP contribution in [0.15, 0.2) is 23.1 Å². The first-order valence-corrected chi connectivity index (χ1v) is 9.67. The number of aliphatic hydroxyl groups excluding tert-OH is 1. The minimum absolute atomic E-state index is 0.197. The molecular weight excluding hydrogens is 328 g/mol. The summed E-state index contributed by atoms with van der Waals surface area (Å²) in [6.45, 7) is 0.775. The Morgan fingerprint density at radius 2 is 1.92 bits per heavy atom. The van der Waals surface area contributed by atoms with Gasteiger partial charge >= 0.3 is 0 Å². The molecule has 24 heavy (non-hydrogen) atoms. The molecule has 0 saturated heterocycles. The Balaban J connectivity index is 1.66. The van der Waals surface area contributed by atoms with Crippen LogP contribution in [0.4, 0.5) is 0 Å². The smallest absolute Gasteiger partial charge is 0.243 e. The van der Waals surface area contributed by atoms with Crippen LogP contribution < -0.4 is 0 Å². The van der Waals surface area contributed by atoms with Crippen LogP contribution >= 0.6 is 0 Å². The van der Waals surface area contributed by atoms with E-state index in [4.69, 9.17) is 0 Å². The Kier molecular flexibility index (Phi) is 3.90. The van der Waals surface area contributed by atoms with Crippen molar-refractivity contribution in [3.63, 3.8) is 0 Å². The van der Waals surface area contributed by atoms with Gasteiger partial charge in [-0.1, -0.05) is 11.3 Å². The summed E-state index contributed by atoms with van der Waals surface area (Å²) in [5, 5.41) is 17.2. The highest BCUT2D eigenvalue weighted by molar-refractivity contribution is 7.89. The first kappa shape index (κ1) is 15.7. The van der Waals surface area contributed by atoms with Crippen molar-refractivity contribution in [2.75, 3.05) is 6.54 Å². The minimum Gasteiger partial charge on any atom is -0.390 e. The van der Waals surface area contributed by atoms with Gasteiger partial charge in [-0.05, 0) is 48.9 Å². The minimum atomic E-state index is -3.56.